The molecule has 0 bridgehead atoms. The van der Waals surface area contributed by atoms with Crippen LogP contribution in [-0.2, 0) is 15.7 Å². The summed E-state index contributed by atoms with van der Waals surface area (Å²) in [6.07, 6.45) is 6.50. The van der Waals surface area contributed by atoms with Crippen LogP contribution in [0, 0.1) is 0 Å². The Kier molecular flexibility index (Phi) is 9.70. The molecule has 0 saturated carbocycles. The molecule has 6 heteroatoms. The van der Waals surface area contributed by atoms with E-state index >= 15 is 0 Å². The van der Waals surface area contributed by atoms with Gasteiger partial charge in [0.25, 0.3) is 5.91 Å². The molecule has 0 spiro atoms. The highest BCUT2D eigenvalue weighted by Crippen LogP contribution is 2.41. The number of carbonyl (C=O) groups excluding carboxylic acids is 2. The van der Waals surface area contributed by atoms with Gasteiger partial charge in [-0.05, 0) is 80.5 Å². The molecule has 222 valence electrons. The Balaban J connectivity index is 1.28. The molecule has 1 unspecified atom stereocenters. The van der Waals surface area contributed by atoms with Crippen LogP contribution >= 0.6 is 11.6 Å². The van der Waals surface area contributed by atoms with Crippen LogP contribution in [-0.4, -0.2) is 66.3 Å². The molecular formula is C36H44ClN3O2. The number of carbonyl (C=O) groups is 2. The van der Waals surface area contributed by atoms with E-state index in [-0.39, 0.29) is 22.8 Å². The van der Waals surface area contributed by atoms with Crippen molar-refractivity contribution in [3.05, 3.63) is 107 Å². The molecule has 0 radical (unpaired) electrons. The lowest BCUT2D eigenvalue weighted by atomic mass is 9.70. The molecule has 2 heterocycles. The monoisotopic (exact) mass is 585 g/mol. The Morgan fingerprint density at radius 2 is 1.48 bits per heavy atom. The van der Waals surface area contributed by atoms with Crippen molar-refractivity contribution in [1.82, 2.24) is 14.7 Å². The lowest BCUT2D eigenvalue weighted by molar-refractivity contribution is -0.138. The molecule has 42 heavy (non-hydrogen) atoms. The molecule has 3 aromatic rings. The maximum absolute atomic E-state index is 13.5. The lowest BCUT2D eigenvalue weighted by Crippen LogP contribution is -2.54. The summed E-state index contributed by atoms with van der Waals surface area (Å²) < 4.78 is 0. The summed E-state index contributed by atoms with van der Waals surface area (Å²) in [7, 11) is 1.98. The van der Waals surface area contributed by atoms with Crippen LogP contribution < -0.4 is 0 Å². The fourth-order valence-corrected chi connectivity index (χ4v) is 7.41. The minimum Gasteiger partial charge on any atom is -0.338 e. The molecule has 2 saturated heterocycles. The quantitative estimate of drug-likeness (QED) is 0.268. The second-order valence-corrected chi connectivity index (χ2v) is 12.6. The number of benzene rings is 3. The summed E-state index contributed by atoms with van der Waals surface area (Å²) in [6, 6.07) is 28.5. The van der Waals surface area contributed by atoms with Crippen molar-refractivity contribution >= 4 is 23.4 Å². The van der Waals surface area contributed by atoms with Gasteiger partial charge in [0.15, 0.2) is 0 Å². The van der Waals surface area contributed by atoms with E-state index < -0.39 is 0 Å². The highest BCUT2D eigenvalue weighted by Gasteiger charge is 2.42. The normalized spacial score (nSPS) is 20.7. The van der Waals surface area contributed by atoms with E-state index in [9.17, 15) is 9.59 Å². The van der Waals surface area contributed by atoms with E-state index in [2.05, 4.69) is 46.2 Å². The zero-order valence-electron chi connectivity index (χ0n) is 25.1. The maximum atomic E-state index is 13.5. The van der Waals surface area contributed by atoms with Crippen molar-refractivity contribution in [3.63, 3.8) is 0 Å². The molecule has 5 rings (SSSR count). The number of amides is 2. The van der Waals surface area contributed by atoms with Gasteiger partial charge in [-0.1, -0.05) is 79.2 Å². The van der Waals surface area contributed by atoms with E-state index in [1.807, 2.05) is 67.4 Å². The number of nitrogens with zero attached hydrogens (tertiary/aromatic N) is 3. The topological polar surface area (TPSA) is 43.9 Å². The second kappa shape index (κ2) is 13.4. The Morgan fingerprint density at radius 3 is 2.12 bits per heavy atom. The van der Waals surface area contributed by atoms with E-state index in [0.29, 0.717) is 6.42 Å². The summed E-state index contributed by atoms with van der Waals surface area (Å²) in [6.45, 7) is 6.40. The summed E-state index contributed by atoms with van der Waals surface area (Å²) in [5, 5.41) is 0.740. The first-order valence-corrected chi connectivity index (χ1v) is 15.9. The van der Waals surface area contributed by atoms with Crippen LogP contribution in [0.15, 0.2) is 84.9 Å². The summed E-state index contributed by atoms with van der Waals surface area (Å²) in [5.74, 6) is 0.316. The standard InChI is InChI=1S/C36H44ClN3O2/c1-3-33(41)38(2)36(31-14-8-5-9-15-31)22-26-39(27-23-36)24-10-20-35(30-16-18-32(37)19-17-30)21-11-25-40(28-35)34(42)29-12-6-4-7-13-29/h4-9,12-19H,3,10-11,20-28H2,1-2H3. The molecule has 0 aliphatic carbocycles. The van der Waals surface area contributed by atoms with E-state index in [0.717, 1.165) is 81.8 Å². The van der Waals surface area contributed by atoms with Crippen molar-refractivity contribution in [2.75, 3.05) is 39.8 Å². The minimum absolute atomic E-state index is 0.0926. The number of rotatable bonds is 9. The zero-order valence-corrected chi connectivity index (χ0v) is 25.9. The number of halogens is 1. The average molecular weight is 586 g/mol. The number of likely N-dealkylation sites (tertiary alicyclic amines) is 2. The molecule has 2 amide bonds. The Morgan fingerprint density at radius 1 is 0.833 bits per heavy atom. The first kappa shape index (κ1) is 30.3. The van der Waals surface area contributed by atoms with Crippen molar-refractivity contribution in [1.29, 1.82) is 0 Å². The van der Waals surface area contributed by atoms with Gasteiger partial charge >= 0.3 is 0 Å². The predicted octanol–water partition coefficient (Wildman–Crippen LogP) is 7.15. The van der Waals surface area contributed by atoms with Gasteiger partial charge in [0.05, 0.1) is 5.54 Å². The molecule has 0 N–H and O–H groups in total. The van der Waals surface area contributed by atoms with Gasteiger partial charge in [-0.3, -0.25) is 9.59 Å². The van der Waals surface area contributed by atoms with Crippen LogP contribution in [0.3, 0.4) is 0 Å². The van der Waals surface area contributed by atoms with E-state index in [1.165, 1.54) is 11.1 Å². The van der Waals surface area contributed by atoms with Crippen LogP contribution in [0.25, 0.3) is 0 Å². The highest BCUT2D eigenvalue weighted by molar-refractivity contribution is 6.30. The molecule has 1 atom stereocenters. The molecule has 3 aromatic carbocycles. The lowest BCUT2D eigenvalue weighted by Gasteiger charge is -2.48. The van der Waals surface area contributed by atoms with Crippen LogP contribution in [0.4, 0.5) is 0 Å². The molecule has 2 aliphatic heterocycles. The Labute approximate surface area is 256 Å². The van der Waals surface area contributed by atoms with Crippen LogP contribution in [0.2, 0.25) is 5.02 Å². The molecular weight excluding hydrogens is 542 g/mol. The Hall–Kier alpha value is -3.15. The molecule has 2 aliphatic rings. The van der Waals surface area contributed by atoms with E-state index in [1.54, 1.807) is 0 Å². The van der Waals surface area contributed by atoms with Gasteiger partial charge in [-0.2, -0.15) is 0 Å². The van der Waals surface area contributed by atoms with Crippen molar-refractivity contribution in [2.24, 2.45) is 0 Å². The van der Waals surface area contributed by atoms with Crippen molar-refractivity contribution < 1.29 is 9.59 Å². The molecule has 2 fully saturated rings. The first-order chi connectivity index (χ1) is 20.4. The van der Waals surface area contributed by atoms with E-state index in [4.69, 9.17) is 11.6 Å². The van der Waals surface area contributed by atoms with Gasteiger partial charge in [0, 0.05) is 55.6 Å². The predicted molar refractivity (Wildman–Crippen MR) is 171 cm³/mol. The van der Waals surface area contributed by atoms with Gasteiger partial charge < -0.3 is 14.7 Å². The fourth-order valence-electron chi connectivity index (χ4n) is 7.29. The zero-order chi connectivity index (χ0) is 29.6. The van der Waals surface area contributed by atoms with Gasteiger partial charge in [0.1, 0.15) is 0 Å². The number of hydrogen-bond acceptors (Lipinski definition) is 3. The smallest absolute Gasteiger partial charge is 0.253 e. The number of piperidine rings is 2. The van der Waals surface area contributed by atoms with Gasteiger partial charge in [-0.15, -0.1) is 0 Å². The third-order valence-electron chi connectivity index (χ3n) is 9.78. The van der Waals surface area contributed by atoms with Crippen LogP contribution in [0.1, 0.15) is 73.4 Å². The SMILES string of the molecule is CCC(=O)N(C)C1(c2ccccc2)CCN(CCCC2(c3ccc(Cl)cc3)CCCN(C(=O)c3ccccc3)C2)CC1. The Bertz CT molecular complexity index is 1320. The van der Waals surface area contributed by atoms with Crippen LogP contribution in [0.5, 0.6) is 0 Å². The molecule has 5 nitrogen and oxygen atoms in total. The van der Waals surface area contributed by atoms with Gasteiger partial charge in [0.2, 0.25) is 5.91 Å². The largest absolute Gasteiger partial charge is 0.338 e. The van der Waals surface area contributed by atoms with Crippen molar-refractivity contribution in [2.45, 2.75) is 62.8 Å². The maximum Gasteiger partial charge on any atom is 0.253 e. The number of hydrogen-bond donors (Lipinski definition) is 0. The second-order valence-electron chi connectivity index (χ2n) is 12.1. The third-order valence-corrected chi connectivity index (χ3v) is 10.0. The summed E-state index contributed by atoms with van der Waals surface area (Å²) in [4.78, 5) is 33.0. The minimum atomic E-state index is -0.253. The first-order valence-electron chi connectivity index (χ1n) is 15.5. The average Bonchev–Trinajstić information content (AvgIpc) is 3.05. The summed E-state index contributed by atoms with van der Waals surface area (Å²) >= 11 is 6.28. The summed E-state index contributed by atoms with van der Waals surface area (Å²) in [5.41, 5.74) is 2.92. The van der Waals surface area contributed by atoms with Gasteiger partial charge in [-0.25, -0.2) is 0 Å². The molecule has 0 aromatic heterocycles. The van der Waals surface area contributed by atoms with Crippen molar-refractivity contribution in [3.8, 4) is 0 Å². The third kappa shape index (κ3) is 6.43. The highest BCUT2D eigenvalue weighted by atomic mass is 35.5. The fraction of sp³-hybridized carbons (Fsp3) is 0.444.